The molecule has 7 heteroatoms. The Morgan fingerprint density at radius 2 is 1.57 bits per heavy atom. The Hall–Kier alpha value is 0.550. The van der Waals surface area contributed by atoms with Gasteiger partial charge in [-0.2, -0.15) is 13.2 Å². The first-order valence-electron chi connectivity index (χ1n) is 3.16. The minimum Gasteiger partial charge on any atom is -0.165 e. The van der Waals surface area contributed by atoms with E-state index in [0.29, 0.717) is 10.4 Å². The van der Waals surface area contributed by atoms with Crippen LogP contribution in [-0.2, 0) is 6.18 Å². The fraction of sp³-hybridized carbons (Fsp3) is 0.429. The molecule has 0 bridgehead atoms. The lowest BCUT2D eigenvalue weighted by Crippen LogP contribution is -2.02. The summed E-state index contributed by atoms with van der Waals surface area (Å²) in [5, 5.41) is 0. The van der Waals surface area contributed by atoms with E-state index in [1.54, 1.807) is 13.8 Å². The second-order valence-corrected chi connectivity index (χ2v) is 4.44. The zero-order chi connectivity index (χ0) is 9.52. The van der Waals surface area contributed by atoms with Gasteiger partial charge in [-0.15, -0.1) is 36.2 Å². The highest BCUT2D eigenvalue weighted by Gasteiger charge is 2.36. The summed E-state index contributed by atoms with van der Waals surface area (Å²) in [6.07, 6.45) is -4.23. The minimum atomic E-state index is -4.23. The first-order chi connectivity index (χ1) is 5.34. The molecule has 0 fully saturated rings. The molecular formula is C7H8BrCl2F3S. The fourth-order valence-electron chi connectivity index (χ4n) is 0.782. The van der Waals surface area contributed by atoms with Gasteiger partial charge in [-0.3, -0.25) is 0 Å². The van der Waals surface area contributed by atoms with Crippen molar-refractivity contribution in [3.05, 3.63) is 19.8 Å². The zero-order valence-corrected chi connectivity index (χ0v) is 11.3. The van der Waals surface area contributed by atoms with Gasteiger partial charge in [0, 0.05) is 9.35 Å². The molecule has 0 atom stereocenters. The van der Waals surface area contributed by atoms with Crippen LogP contribution in [0.4, 0.5) is 13.2 Å². The van der Waals surface area contributed by atoms with E-state index in [0.717, 1.165) is 11.3 Å². The summed E-state index contributed by atoms with van der Waals surface area (Å²) in [4.78, 5) is 0.159. The van der Waals surface area contributed by atoms with Crippen LogP contribution in [-0.4, -0.2) is 0 Å². The third kappa shape index (κ3) is 3.29. The minimum absolute atomic E-state index is 0. The van der Waals surface area contributed by atoms with E-state index in [2.05, 4.69) is 15.9 Å². The normalized spacial score (nSPS) is 10.4. The molecule has 0 saturated carbocycles. The molecule has 0 aliphatic heterocycles. The summed E-state index contributed by atoms with van der Waals surface area (Å²) in [6.45, 7) is 3.35. The molecule has 0 spiro atoms. The van der Waals surface area contributed by atoms with Crippen molar-refractivity contribution in [2.24, 2.45) is 0 Å². The predicted molar refractivity (Wildman–Crippen MR) is 61.0 cm³/mol. The molecule has 0 aromatic carbocycles. The molecule has 0 N–H and O–H groups in total. The van der Waals surface area contributed by atoms with Gasteiger partial charge in [0.05, 0.1) is 0 Å². The lowest BCUT2D eigenvalue weighted by Gasteiger charge is -2.02. The largest absolute Gasteiger partial charge is 0.426 e. The zero-order valence-electron chi connectivity index (χ0n) is 7.24. The summed E-state index contributed by atoms with van der Waals surface area (Å²) < 4.78 is 36.8. The Morgan fingerprint density at radius 3 is 1.71 bits per heavy atom. The van der Waals surface area contributed by atoms with Crippen LogP contribution in [0.15, 0.2) is 4.47 Å². The highest BCUT2D eigenvalue weighted by molar-refractivity contribution is 9.10. The summed E-state index contributed by atoms with van der Waals surface area (Å²) >= 11 is 3.70. The van der Waals surface area contributed by atoms with E-state index in [-0.39, 0.29) is 29.3 Å². The lowest BCUT2D eigenvalue weighted by atomic mass is 10.3. The number of halogens is 6. The van der Waals surface area contributed by atoms with Crippen LogP contribution >= 0.6 is 52.1 Å². The number of hydrogen-bond donors (Lipinski definition) is 0. The maximum Gasteiger partial charge on any atom is 0.426 e. The highest BCUT2D eigenvalue weighted by Crippen LogP contribution is 2.42. The van der Waals surface area contributed by atoms with Gasteiger partial charge in [-0.05, 0) is 35.3 Å². The van der Waals surface area contributed by atoms with E-state index in [9.17, 15) is 13.2 Å². The fourth-order valence-corrected chi connectivity index (χ4v) is 2.60. The number of alkyl halides is 3. The van der Waals surface area contributed by atoms with E-state index < -0.39 is 11.1 Å². The number of rotatable bonds is 0. The number of hydrogen-bond acceptors (Lipinski definition) is 1. The quantitative estimate of drug-likeness (QED) is 0.628. The van der Waals surface area contributed by atoms with Crippen LogP contribution in [0.3, 0.4) is 0 Å². The number of thiophene rings is 1. The van der Waals surface area contributed by atoms with Gasteiger partial charge >= 0.3 is 6.18 Å². The first kappa shape index (κ1) is 17.0. The second-order valence-electron chi connectivity index (χ2n) is 2.42. The van der Waals surface area contributed by atoms with Crippen LogP contribution < -0.4 is 0 Å². The van der Waals surface area contributed by atoms with Gasteiger partial charge in [0.2, 0.25) is 0 Å². The standard InChI is InChI=1S/C7H6BrF3S.2ClH/c1-3-4(2)12-6(5(3)8)7(9,10)11;;/h1-2H3;2*1H. The molecule has 0 aliphatic rings. The van der Waals surface area contributed by atoms with Crippen LogP contribution in [0, 0.1) is 13.8 Å². The Bertz CT molecular complexity index is 309. The van der Waals surface area contributed by atoms with Gasteiger partial charge in [0.1, 0.15) is 4.88 Å². The van der Waals surface area contributed by atoms with Gasteiger partial charge < -0.3 is 0 Å². The molecule has 1 aromatic heterocycles. The van der Waals surface area contributed by atoms with Crippen molar-refractivity contribution in [2.45, 2.75) is 20.0 Å². The summed E-state index contributed by atoms with van der Waals surface area (Å²) in [7, 11) is 0. The topological polar surface area (TPSA) is 0 Å². The van der Waals surface area contributed by atoms with E-state index in [1.807, 2.05) is 0 Å². The van der Waals surface area contributed by atoms with Crippen LogP contribution in [0.25, 0.3) is 0 Å². The first-order valence-corrected chi connectivity index (χ1v) is 4.77. The molecular weight excluding hydrogens is 324 g/mol. The SMILES string of the molecule is Cc1sc(C(F)(F)F)c(Br)c1C.Cl.Cl. The molecule has 0 amide bonds. The molecule has 0 aliphatic carbocycles. The molecule has 84 valence electrons. The van der Waals surface area contributed by atoms with Crippen molar-refractivity contribution in [3.8, 4) is 0 Å². The maximum absolute atomic E-state index is 12.2. The third-order valence-corrected chi connectivity index (χ3v) is 4.08. The number of aryl methyl sites for hydroxylation is 1. The Morgan fingerprint density at radius 1 is 1.14 bits per heavy atom. The third-order valence-electron chi connectivity index (χ3n) is 1.57. The summed E-state index contributed by atoms with van der Waals surface area (Å²) in [5.41, 5.74) is 0.673. The van der Waals surface area contributed by atoms with E-state index in [1.165, 1.54) is 0 Å². The molecule has 1 heterocycles. The van der Waals surface area contributed by atoms with Crippen LogP contribution in [0.1, 0.15) is 15.3 Å². The summed E-state index contributed by atoms with van der Waals surface area (Å²) in [5.74, 6) is 0. The average molecular weight is 332 g/mol. The van der Waals surface area contributed by atoms with E-state index in [4.69, 9.17) is 0 Å². The molecule has 0 unspecified atom stereocenters. The Balaban J connectivity index is 0. The predicted octanol–water partition coefficient (Wildman–Crippen LogP) is 4.99. The monoisotopic (exact) mass is 330 g/mol. The molecule has 0 nitrogen and oxygen atoms in total. The van der Waals surface area contributed by atoms with Gasteiger partial charge in [-0.1, -0.05) is 0 Å². The average Bonchev–Trinajstić information content (AvgIpc) is 2.15. The van der Waals surface area contributed by atoms with Crippen molar-refractivity contribution >= 4 is 52.1 Å². The molecule has 1 aromatic rings. The second kappa shape index (κ2) is 5.58. The molecule has 0 radical (unpaired) electrons. The lowest BCUT2D eigenvalue weighted by molar-refractivity contribution is -0.134. The van der Waals surface area contributed by atoms with Gasteiger partial charge in [0.15, 0.2) is 0 Å². The van der Waals surface area contributed by atoms with Crippen molar-refractivity contribution in [3.63, 3.8) is 0 Å². The van der Waals surface area contributed by atoms with Gasteiger partial charge in [-0.25, -0.2) is 0 Å². The van der Waals surface area contributed by atoms with Crippen molar-refractivity contribution in [1.82, 2.24) is 0 Å². The Kier molecular flexibility index (Phi) is 6.76. The highest BCUT2D eigenvalue weighted by atomic mass is 79.9. The maximum atomic E-state index is 12.2. The molecule has 1 rings (SSSR count). The van der Waals surface area contributed by atoms with Crippen molar-refractivity contribution in [1.29, 1.82) is 0 Å². The van der Waals surface area contributed by atoms with Crippen molar-refractivity contribution in [2.75, 3.05) is 0 Å². The van der Waals surface area contributed by atoms with Gasteiger partial charge in [0.25, 0.3) is 0 Å². The molecule has 0 saturated heterocycles. The van der Waals surface area contributed by atoms with E-state index >= 15 is 0 Å². The van der Waals surface area contributed by atoms with Crippen LogP contribution in [0.2, 0.25) is 0 Å². The smallest absolute Gasteiger partial charge is 0.165 e. The van der Waals surface area contributed by atoms with Crippen LogP contribution in [0.5, 0.6) is 0 Å². The molecule has 14 heavy (non-hydrogen) atoms. The Labute approximate surface area is 105 Å². The summed E-state index contributed by atoms with van der Waals surface area (Å²) in [6, 6.07) is 0. The van der Waals surface area contributed by atoms with Crippen molar-refractivity contribution < 1.29 is 13.2 Å².